The third-order valence-electron chi connectivity index (χ3n) is 2.92. The minimum absolute atomic E-state index is 0.0629. The van der Waals surface area contributed by atoms with Crippen molar-refractivity contribution in [1.29, 1.82) is 0 Å². The van der Waals surface area contributed by atoms with Crippen molar-refractivity contribution < 1.29 is 12.6 Å². The third-order valence-corrected chi connectivity index (χ3v) is 3.54. The average molecular weight is 205 g/mol. The van der Waals surface area contributed by atoms with Gasteiger partial charge in [-0.1, -0.05) is 0 Å². The molecule has 4 nitrogen and oxygen atoms in total. The van der Waals surface area contributed by atoms with Crippen LogP contribution in [0.2, 0.25) is 0 Å². The highest BCUT2D eigenvalue weighted by Gasteiger charge is 2.38. The molecule has 0 spiro atoms. The predicted octanol–water partition coefficient (Wildman–Crippen LogP) is -0.0394. The Kier molecular flexibility index (Phi) is 2.33. The van der Waals surface area contributed by atoms with Gasteiger partial charge in [0.1, 0.15) is 0 Å². The Labute approximate surface area is 78.8 Å². The summed E-state index contributed by atoms with van der Waals surface area (Å²) in [7, 11) is -3.26. The monoisotopic (exact) mass is 205 g/mol. The molecular weight excluding hydrogens is 190 g/mol. The molecular formula is C8H15NO3S. The van der Waals surface area contributed by atoms with Crippen molar-refractivity contribution in [1.82, 2.24) is 5.32 Å². The SMILES string of the molecule is CS(=O)(=O)OC1C[C@H]2CNC[C@H]2C1. The smallest absolute Gasteiger partial charge is 0.264 e. The van der Waals surface area contributed by atoms with E-state index >= 15 is 0 Å². The van der Waals surface area contributed by atoms with Crippen molar-refractivity contribution in [2.24, 2.45) is 11.8 Å². The topological polar surface area (TPSA) is 55.4 Å². The fourth-order valence-corrected chi connectivity index (χ4v) is 3.09. The maximum atomic E-state index is 10.9. The van der Waals surface area contributed by atoms with Gasteiger partial charge in [0.25, 0.3) is 10.1 Å². The molecule has 1 N–H and O–H groups in total. The Morgan fingerprint density at radius 2 is 1.77 bits per heavy atom. The molecule has 0 bridgehead atoms. The van der Waals surface area contributed by atoms with Crippen LogP contribution >= 0.6 is 0 Å². The van der Waals surface area contributed by atoms with Crippen LogP contribution in [0, 0.1) is 11.8 Å². The lowest BCUT2D eigenvalue weighted by molar-refractivity contribution is 0.209. The van der Waals surface area contributed by atoms with Crippen LogP contribution in [0.15, 0.2) is 0 Å². The molecule has 13 heavy (non-hydrogen) atoms. The van der Waals surface area contributed by atoms with E-state index in [4.69, 9.17) is 4.18 Å². The lowest BCUT2D eigenvalue weighted by Crippen LogP contribution is -2.18. The van der Waals surface area contributed by atoms with Gasteiger partial charge in [-0.05, 0) is 37.8 Å². The quantitative estimate of drug-likeness (QED) is 0.643. The van der Waals surface area contributed by atoms with Crippen molar-refractivity contribution in [2.75, 3.05) is 19.3 Å². The van der Waals surface area contributed by atoms with Crippen LogP contribution in [-0.4, -0.2) is 33.9 Å². The highest BCUT2D eigenvalue weighted by molar-refractivity contribution is 7.86. The van der Waals surface area contributed by atoms with Gasteiger partial charge in [0, 0.05) is 0 Å². The molecule has 2 aliphatic rings. The van der Waals surface area contributed by atoms with E-state index in [1.807, 2.05) is 0 Å². The first-order valence-corrected chi connectivity index (χ1v) is 6.45. The maximum absolute atomic E-state index is 10.9. The van der Waals surface area contributed by atoms with Crippen LogP contribution in [0.4, 0.5) is 0 Å². The maximum Gasteiger partial charge on any atom is 0.264 e. The van der Waals surface area contributed by atoms with Gasteiger partial charge in [-0.2, -0.15) is 8.42 Å². The molecule has 0 aromatic carbocycles. The van der Waals surface area contributed by atoms with Gasteiger partial charge in [-0.15, -0.1) is 0 Å². The van der Waals surface area contributed by atoms with E-state index in [1.165, 1.54) is 0 Å². The van der Waals surface area contributed by atoms with Gasteiger partial charge in [0.05, 0.1) is 12.4 Å². The zero-order valence-corrected chi connectivity index (χ0v) is 8.51. The summed E-state index contributed by atoms with van der Waals surface area (Å²) in [5.41, 5.74) is 0. The van der Waals surface area contributed by atoms with E-state index in [0.717, 1.165) is 32.2 Å². The Hall–Kier alpha value is -0.130. The van der Waals surface area contributed by atoms with E-state index in [2.05, 4.69) is 5.32 Å². The summed E-state index contributed by atoms with van der Waals surface area (Å²) in [6, 6.07) is 0. The van der Waals surface area contributed by atoms with Gasteiger partial charge in [0.2, 0.25) is 0 Å². The molecule has 1 aliphatic heterocycles. The van der Waals surface area contributed by atoms with E-state index < -0.39 is 10.1 Å². The molecule has 1 unspecified atom stereocenters. The fourth-order valence-electron chi connectivity index (χ4n) is 2.44. The number of rotatable bonds is 2. The van der Waals surface area contributed by atoms with Crippen molar-refractivity contribution in [3.63, 3.8) is 0 Å². The largest absolute Gasteiger partial charge is 0.316 e. The fraction of sp³-hybridized carbons (Fsp3) is 1.00. The summed E-state index contributed by atoms with van der Waals surface area (Å²) in [6.45, 7) is 2.04. The summed E-state index contributed by atoms with van der Waals surface area (Å²) in [5, 5.41) is 3.30. The predicted molar refractivity (Wildman–Crippen MR) is 48.8 cm³/mol. The van der Waals surface area contributed by atoms with Crippen molar-refractivity contribution >= 4 is 10.1 Å². The van der Waals surface area contributed by atoms with E-state index in [-0.39, 0.29) is 6.10 Å². The van der Waals surface area contributed by atoms with Gasteiger partial charge in [-0.3, -0.25) is 4.18 Å². The van der Waals surface area contributed by atoms with E-state index in [0.29, 0.717) is 11.8 Å². The Balaban J connectivity index is 1.92. The molecule has 76 valence electrons. The van der Waals surface area contributed by atoms with Gasteiger partial charge in [0.15, 0.2) is 0 Å². The second-order valence-electron chi connectivity index (χ2n) is 4.07. The Morgan fingerprint density at radius 3 is 2.23 bits per heavy atom. The van der Waals surface area contributed by atoms with Crippen molar-refractivity contribution in [3.8, 4) is 0 Å². The second kappa shape index (κ2) is 3.22. The molecule has 1 saturated heterocycles. The zero-order valence-electron chi connectivity index (χ0n) is 7.69. The lowest BCUT2D eigenvalue weighted by atomic mass is 10.0. The number of fused-ring (bicyclic) bond motifs is 1. The van der Waals surface area contributed by atoms with Crippen LogP contribution in [-0.2, 0) is 14.3 Å². The van der Waals surface area contributed by atoms with E-state index in [1.54, 1.807) is 0 Å². The summed E-state index contributed by atoms with van der Waals surface area (Å²) in [4.78, 5) is 0. The Morgan fingerprint density at radius 1 is 1.23 bits per heavy atom. The molecule has 2 rings (SSSR count). The molecule has 0 amide bonds. The molecule has 2 fully saturated rings. The first-order valence-electron chi connectivity index (χ1n) is 4.63. The molecule has 1 aliphatic carbocycles. The Bertz CT molecular complexity index is 276. The van der Waals surface area contributed by atoms with Crippen molar-refractivity contribution in [2.45, 2.75) is 18.9 Å². The number of hydrogen-bond acceptors (Lipinski definition) is 4. The normalized spacial score (nSPS) is 39.3. The second-order valence-corrected chi connectivity index (χ2v) is 5.67. The molecule has 1 saturated carbocycles. The van der Waals surface area contributed by atoms with Crippen LogP contribution < -0.4 is 5.32 Å². The number of nitrogens with one attached hydrogen (secondary N) is 1. The van der Waals surface area contributed by atoms with Gasteiger partial charge < -0.3 is 5.32 Å². The van der Waals surface area contributed by atoms with E-state index in [9.17, 15) is 8.42 Å². The van der Waals surface area contributed by atoms with Crippen LogP contribution in [0.5, 0.6) is 0 Å². The van der Waals surface area contributed by atoms with Crippen LogP contribution in [0.1, 0.15) is 12.8 Å². The first kappa shape index (κ1) is 9.43. The third kappa shape index (κ3) is 2.21. The first-order chi connectivity index (χ1) is 6.04. The summed E-state index contributed by atoms with van der Waals surface area (Å²) in [5.74, 6) is 1.26. The molecule has 3 atom stereocenters. The molecule has 0 aromatic heterocycles. The molecule has 1 heterocycles. The highest BCUT2D eigenvalue weighted by atomic mass is 32.2. The standard InChI is InChI=1S/C8H15NO3S/c1-13(10,11)12-8-2-6-4-9-5-7(6)3-8/h6-9H,2-5H2,1H3/t6-,7+,8?. The minimum atomic E-state index is -3.26. The minimum Gasteiger partial charge on any atom is -0.316 e. The average Bonchev–Trinajstić information content (AvgIpc) is 2.40. The summed E-state index contributed by atoms with van der Waals surface area (Å²) < 4.78 is 26.7. The lowest BCUT2D eigenvalue weighted by Gasteiger charge is -2.09. The molecule has 5 heteroatoms. The summed E-state index contributed by atoms with van der Waals surface area (Å²) in [6.07, 6.45) is 2.85. The highest BCUT2D eigenvalue weighted by Crippen LogP contribution is 2.36. The van der Waals surface area contributed by atoms with Gasteiger partial charge >= 0.3 is 0 Å². The van der Waals surface area contributed by atoms with Crippen LogP contribution in [0.25, 0.3) is 0 Å². The van der Waals surface area contributed by atoms with Gasteiger partial charge in [-0.25, -0.2) is 0 Å². The molecule has 0 radical (unpaired) electrons. The van der Waals surface area contributed by atoms with Crippen LogP contribution in [0.3, 0.4) is 0 Å². The zero-order chi connectivity index (χ0) is 9.47. The van der Waals surface area contributed by atoms with Crippen molar-refractivity contribution in [3.05, 3.63) is 0 Å². The number of hydrogen-bond donors (Lipinski definition) is 1. The molecule has 0 aromatic rings. The summed E-state index contributed by atoms with van der Waals surface area (Å²) >= 11 is 0.